The summed E-state index contributed by atoms with van der Waals surface area (Å²) in [5.41, 5.74) is 3.10. The molecule has 1 atom stereocenters. The van der Waals surface area contributed by atoms with Gasteiger partial charge in [0.15, 0.2) is 0 Å². The van der Waals surface area contributed by atoms with Crippen LogP contribution < -0.4 is 5.32 Å². The molecular formula is C20H31NO2. The van der Waals surface area contributed by atoms with Crippen molar-refractivity contribution in [2.75, 3.05) is 19.0 Å². The second-order valence-electron chi connectivity index (χ2n) is 6.63. The number of esters is 1. The standard InChI is InChI=1S/C20H31NO2/c1-3-4-5-6-7-8-9-10-11-17-15-21-19-14-16(20(22)23-2)12-13-18(17)19/h12-14,17,21H,3-11,15H2,1-2H3. The first-order valence-electron chi connectivity index (χ1n) is 9.22. The van der Waals surface area contributed by atoms with Crippen molar-refractivity contribution < 1.29 is 9.53 Å². The van der Waals surface area contributed by atoms with Crippen LogP contribution in [-0.4, -0.2) is 19.6 Å². The Balaban J connectivity index is 1.70. The number of methoxy groups -OCH3 is 1. The first-order valence-corrected chi connectivity index (χ1v) is 9.22. The summed E-state index contributed by atoms with van der Waals surface area (Å²) in [6.45, 7) is 3.26. The van der Waals surface area contributed by atoms with Crippen LogP contribution in [0.2, 0.25) is 0 Å². The van der Waals surface area contributed by atoms with Crippen molar-refractivity contribution in [3.05, 3.63) is 29.3 Å². The molecule has 2 rings (SSSR count). The van der Waals surface area contributed by atoms with Crippen molar-refractivity contribution in [2.45, 2.75) is 70.6 Å². The van der Waals surface area contributed by atoms with Crippen LogP contribution in [0, 0.1) is 0 Å². The minimum absolute atomic E-state index is 0.263. The van der Waals surface area contributed by atoms with Gasteiger partial charge in [-0.15, -0.1) is 0 Å². The third kappa shape index (κ3) is 5.26. The molecule has 0 aromatic heterocycles. The van der Waals surface area contributed by atoms with Gasteiger partial charge < -0.3 is 10.1 Å². The van der Waals surface area contributed by atoms with E-state index >= 15 is 0 Å². The predicted molar refractivity (Wildman–Crippen MR) is 96.2 cm³/mol. The molecule has 1 aliphatic heterocycles. The lowest BCUT2D eigenvalue weighted by molar-refractivity contribution is 0.0601. The lowest BCUT2D eigenvalue weighted by atomic mass is 9.94. The van der Waals surface area contributed by atoms with E-state index in [1.807, 2.05) is 12.1 Å². The number of carbonyl (C=O) groups excluding carboxylic acids is 1. The Morgan fingerprint density at radius 3 is 2.52 bits per heavy atom. The maximum atomic E-state index is 11.6. The van der Waals surface area contributed by atoms with Crippen molar-refractivity contribution in [3.8, 4) is 0 Å². The van der Waals surface area contributed by atoms with E-state index in [4.69, 9.17) is 4.74 Å². The summed E-state index contributed by atoms with van der Waals surface area (Å²) >= 11 is 0. The number of unbranched alkanes of at least 4 members (excludes halogenated alkanes) is 7. The molecule has 3 nitrogen and oxygen atoms in total. The minimum Gasteiger partial charge on any atom is -0.465 e. The lowest BCUT2D eigenvalue weighted by Crippen LogP contribution is -2.01. The van der Waals surface area contributed by atoms with Crippen LogP contribution in [0.15, 0.2) is 18.2 Å². The van der Waals surface area contributed by atoms with Crippen LogP contribution in [0.3, 0.4) is 0 Å². The fourth-order valence-electron chi connectivity index (χ4n) is 3.44. The number of benzene rings is 1. The van der Waals surface area contributed by atoms with E-state index in [9.17, 15) is 4.79 Å². The smallest absolute Gasteiger partial charge is 0.337 e. The van der Waals surface area contributed by atoms with Gasteiger partial charge in [-0.3, -0.25) is 0 Å². The number of hydrogen-bond acceptors (Lipinski definition) is 3. The Bertz CT molecular complexity index is 498. The molecule has 1 aromatic carbocycles. The molecule has 1 heterocycles. The molecule has 0 saturated carbocycles. The second-order valence-corrected chi connectivity index (χ2v) is 6.63. The van der Waals surface area contributed by atoms with Gasteiger partial charge in [0, 0.05) is 18.2 Å². The van der Waals surface area contributed by atoms with E-state index in [1.165, 1.54) is 70.5 Å². The number of nitrogens with one attached hydrogen (secondary N) is 1. The normalized spacial score (nSPS) is 16.0. The molecule has 0 amide bonds. The molecule has 0 aliphatic carbocycles. The fourth-order valence-corrected chi connectivity index (χ4v) is 3.44. The number of rotatable bonds is 10. The molecule has 0 spiro atoms. The second kappa shape index (κ2) is 9.59. The highest BCUT2D eigenvalue weighted by Crippen LogP contribution is 2.35. The first kappa shape index (κ1) is 17.8. The maximum absolute atomic E-state index is 11.6. The SMILES string of the molecule is CCCCCCCCCCC1CNc2cc(C(=O)OC)ccc21. The van der Waals surface area contributed by atoms with Gasteiger partial charge in [-0.2, -0.15) is 0 Å². The van der Waals surface area contributed by atoms with Gasteiger partial charge in [-0.1, -0.05) is 64.4 Å². The van der Waals surface area contributed by atoms with Crippen molar-refractivity contribution in [2.24, 2.45) is 0 Å². The van der Waals surface area contributed by atoms with E-state index in [-0.39, 0.29) is 5.97 Å². The zero-order valence-corrected chi connectivity index (χ0v) is 14.7. The van der Waals surface area contributed by atoms with E-state index in [2.05, 4.69) is 18.3 Å². The van der Waals surface area contributed by atoms with E-state index < -0.39 is 0 Å². The van der Waals surface area contributed by atoms with Gasteiger partial charge in [0.1, 0.15) is 0 Å². The highest BCUT2D eigenvalue weighted by molar-refractivity contribution is 5.91. The van der Waals surface area contributed by atoms with Crippen molar-refractivity contribution >= 4 is 11.7 Å². The molecule has 0 radical (unpaired) electrons. The summed E-state index contributed by atoms with van der Waals surface area (Å²) in [6, 6.07) is 5.91. The third-order valence-corrected chi connectivity index (χ3v) is 4.86. The molecule has 23 heavy (non-hydrogen) atoms. The van der Waals surface area contributed by atoms with Crippen molar-refractivity contribution in [3.63, 3.8) is 0 Å². The zero-order chi connectivity index (χ0) is 16.5. The summed E-state index contributed by atoms with van der Waals surface area (Å²) in [6.07, 6.45) is 12.2. The van der Waals surface area contributed by atoms with Gasteiger partial charge in [0.05, 0.1) is 12.7 Å². The topological polar surface area (TPSA) is 38.3 Å². The van der Waals surface area contributed by atoms with E-state index in [1.54, 1.807) is 0 Å². The molecule has 128 valence electrons. The number of anilines is 1. The molecular weight excluding hydrogens is 286 g/mol. The highest BCUT2D eigenvalue weighted by atomic mass is 16.5. The quantitative estimate of drug-likeness (QED) is 0.456. The van der Waals surface area contributed by atoms with Crippen LogP contribution in [-0.2, 0) is 4.74 Å². The Morgan fingerprint density at radius 2 is 1.83 bits per heavy atom. The molecule has 3 heteroatoms. The summed E-state index contributed by atoms with van der Waals surface area (Å²) < 4.78 is 4.78. The highest BCUT2D eigenvalue weighted by Gasteiger charge is 2.22. The fraction of sp³-hybridized carbons (Fsp3) is 0.650. The first-order chi connectivity index (χ1) is 11.3. The average Bonchev–Trinajstić information content (AvgIpc) is 2.98. The lowest BCUT2D eigenvalue weighted by Gasteiger charge is -2.10. The van der Waals surface area contributed by atoms with Gasteiger partial charge >= 0.3 is 5.97 Å². The summed E-state index contributed by atoms with van der Waals surface area (Å²) in [5, 5.41) is 3.44. The molecule has 0 saturated heterocycles. The van der Waals surface area contributed by atoms with E-state index in [0.29, 0.717) is 11.5 Å². The largest absolute Gasteiger partial charge is 0.465 e. The molecule has 1 aromatic rings. The van der Waals surface area contributed by atoms with Gasteiger partial charge in [0.2, 0.25) is 0 Å². The summed E-state index contributed by atoms with van der Waals surface area (Å²) in [7, 11) is 1.42. The van der Waals surface area contributed by atoms with Crippen molar-refractivity contribution in [1.82, 2.24) is 0 Å². The van der Waals surface area contributed by atoms with Crippen LogP contribution >= 0.6 is 0 Å². The third-order valence-electron chi connectivity index (χ3n) is 4.86. The maximum Gasteiger partial charge on any atom is 0.337 e. The summed E-state index contributed by atoms with van der Waals surface area (Å²) in [4.78, 5) is 11.6. The predicted octanol–water partition coefficient (Wildman–Crippen LogP) is 5.51. The number of carbonyl (C=O) groups is 1. The minimum atomic E-state index is -0.263. The van der Waals surface area contributed by atoms with Crippen LogP contribution in [0.4, 0.5) is 5.69 Å². The average molecular weight is 317 g/mol. The Hall–Kier alpha value is -1.51. The Labute approximate surface area is 140 Å². The van der Waals surface area contributed by atoms with Gasteiger partial charge in [-0.05, 0) is 24.1 Å². The molecule has 1 aliphatic rings. The molecule has 1 N–H and O–H groups in total. The Kier molecular flexibility index (Phi) is 7.44. The monoisotopic (exact) mass is 317 g/mol. The van der Waals surface area contributed by atoms with Crippen molar-refractivity contribution in [1.29, 1.82) is 0 Å². The molecule has 0 fully saturated rings. The van der Waals surface area contributed by atoms with Crippen LogP contribution in [0.1, 0.15) is 86.6 Å². The van der Waals surface area contributed by atoms with Gasteiger partial charge in [0.25, 0.3) is 0 Å². The zero-order valence-electron chi connectivity index (χ0n) is 14.7. The Morgan fingerprint density at radius 1 is 1.13 bits per heavy atom. The number of hydrogen-bond donors (Lipinski definition) is 1. The molecule has 0 bridgehead atoms. The molecule has 1 unspecified atom stereocenters. The number of fused-ring (bicyclic) bond motifs is 1. The van der Waals surface area contributed by atoms with Crippen LogP contribution in [0.25, 0.3) is 0 Å². The number of ether oxygens (including phenoxy) is 1. The van der Waals surface area contributed by atoms with Gasteiger partial charge in [-0.25, -0.2) is 4.79 Å². The summed E-state index contributed by atoms with van der Waals surface area (Å²) in [5.74, 6) is 0.331. The van der Waals surface area contributed by atoms with Crippen LogP contribution in [0.5, 0.6) is 0 Å². The van der Waals surface area contributed by atoms with E-state index in [0.717, 1.165) is 12.2 Å².